The summed E-state index contributed by atoms with van der Waals surface area (Å²) < 4.78 is 0. The van der Waals surface area contributed by atoms with Crippen molar-refractivity contribution in [2.45, 2.75) is 25.0 Å². The molecule has 1 rings (SSSR count). The number of nitrogens with one attached hydrogen (secondary N) is 1. The Kier molecular flexibility index (Phi) is 7.78. The number of nitrogens with zero attached hydrogens (tertiary/aromatic N) is 1. The van der Waals surface area contributed by atoms with E-state index in [4.69, 9.17) is 5.11 Å². The Morgan fingerprint density at radius 1 is 1.55 bits per heavy atom. The zero-order valence-electron chi connectivity index (χ0n) is 11.8. The van der Waals surface area contributed by atoms with Crippen molar-refractivity contribution in [2.24, 2.45) is 0 Å². The number of hydrogen-bond acceptors (Lipinski definition) is 4. The maximum Gasteiger partial charge on any atom is 0.269 e. The van der Waals surface area contributed by atoms with Gasteiger partial charge in [0.1, 0.15) is 5.69 Å². The number of rotatable bonds is 6. The Labute approximate surface area is 124 Å². The Morgan fingerprint density at radius 2 is 2.35 bits per heavy atom. The van der Waals surface area contributed by atoms with Gasteiger partial charge in [-0.25, -0.2) is 4.98 Å². The molecule has 0 spiro atoms. The van der Waals surface area contributed by atoms with Crippen LogP contribution in [0.2, 0.25) is 0 Å². The van der Waals surface area contributed by atoms with Gasteiger partial charge in [-0.1, -0.05) is 18.8 Å². The average Bonchev–Trinajstić information content (AvgIpc) is 2.48. The van der Waals surface area contributed by atoms with Crippen molar-refractivity contribution >= 4 is 17.7 Å². The average molecular weight is 292 g/mol. The van der Waals surface area contributed by atoms with Gasteiger partial charge in [0.2, 0.25) is 0 Å². The summed E-state index contributed by atoms with van der Waals surface area (Å²) in [7, 11) is 0. The molecule has 0 radical (unpaired) electrons. The molecule has 20 heavy (non-hydrogen) atoms. The Morgan fingerprint density at radius 3 is 2.95 bits per heavy atom. The molecule has 1 aromatic heterocycles. The van der Waals surface area contributed by atoms with E-state index >= 15 is 0 Å². The highest BCUT2D eigenvalue weighted by molar-refractivity contribution is 7.99. The summed E-state index contributed by atoms with van der Waals surface area (Å²) >= 11 is 1.78. The van der Waals surface area contributed by atoms with Crippen molar-refractivity contribution in [3.8, 4) is 11.8 Å². The first-order valence-electron chi connectivity index (χ1n) is 6.54. The first-order valence-corrected chi connectivity index (χ1v) is 7.83. The molecule has 0 fully saturated rings. The van der Waals surface area contributed by atoms with Crippen molar-refractivity contribution < 1.29 is 9.90 Å². The van der Waals surface area contributed by atoms with E-state index in [1.54, 1.807) is 30.1 Å². The predicted octanol–water partition coefficient (Wildman–Crippen LogP) is 1.69. The van der Waals surface area contributed by atoms with E-state index in [-0.39, 0.29) is 12.5 Å². The Bertz CT molecular complexity index is 477. The van der Waals surface area contributed by atoms with E-state index < -0.39 is 0 Å². The molecule has 1 heterocycles. The number of amides is 1. The summed E-state index contributed by atoms with van der Waals surface area (Å²) in [6.07, 6.45) is 5.02. The van der Waals surface area contributed by atoms with Crippen LogP contribution in [0.3, 0.4) is 0 Å². The lowest BCUT2D eigenvalue weighted by atomic mass is 10.2. The molecule has 0 bridgehead atoms. The number of aliphatic hydroxyl groups excluding tert-OH is 1. The van der Waals surface area contributed by atoms with E-state index in [0.717, 1.165) is 12.0 Å². The molecule has 0 aliphatic heterocycles. The summed E-state index contributed by atoms with van der Waals surface area (Å²) in [6.45, 7) is 2.84. The predicted molar refractivity (Wildman–Crippen MR) is 82.7 cm³/mol. The summed E-state index contributed by atoms with van der Waals surface area (Å²) in [4.78, 5) is 15.9. The standard InChI is InChI=1S/C15H20N2O2S/c1-12(20-2)8-9-16-15(19)14-7-6-13(11-17-14)5-3-4-10-18/h6-7,11-12,18H,4,8-10H2,1-2H3,(H,16,19). The zero-order chi connectivity index (χ0) is 14.8. The quantitative estimate of drug-likeness (QED) is 0.783. The lowest BCUT2D eigenvalue weighted by molar-refractivity contribution is 0.0948. The molecule has 5 heteroatoms. The van der Waals surface area contributed by atoms with Gasteiger partial charge in [-0.15, -0.1) is 0 Å². The number of aromatic nitrogens is 1. The van der Waals surface area contributed by atoms with Crippen molar-refractivity contribution in [1.82, 2.24) is 10.3 Å². The van der Waals surface area contributed by atoms with Crippen molar-refractivity contribution in [2.75, 3.05) is 19.4 Å². The van der Waals surface area contributed by atoms with E-state index in [1.807, 2.05) is 0 Å². The van der Waals surface area contributed by atoms with Gasteiger partial charge in [0, 0.05) is 30.0 Å². The number of aliphatic hydroxyl groups is 1. The summed E-state index contributed by atoms with van der Waals surface area (Å²) in [5.74, 6) is 5.52. The minimum atomic E-state index is -0.159. The third kappa shape index (κ3) is 6.09. The van der Waals surface area contributed by atoms with Crippen molar-refractivity contribution in [3.05, 3.63) is 29.6 Å². The van der Waals surface area contributed by atoms with Crippen LogP contribution in [-0.2, 0) is 0 Å². The van der Waals surface area contributed by atoms with Crippen molar-refractivity contribution in [1.29, 1.82) is 0 Å². The van der Waals surface area contributed by atoms with Crippen LogP contribution in [0.1, 0.15) is 35.8 Å². The lowest BCUT2D eigenvalue weighted by Crippen LogP contribution is -2.26. The maximum absolute atomic E-state index is 11.8. The van der Waals surface area contributed by atoms with E-state index in [0.29, 0.717) is 23.9 Å². The van der Waals surface area contributed by atoms with Gasteiger partial charge < -0.3 is 10.4 Å². The lowest BCUT2D eigenvalue weighted by Gasteiger charge is -2.08. The number of thioether (sulfide) groups is 1. The first-order chi connectivity index (χ1) is 9.67. The molecule has 108 valence electrons. The maximum atomic E-state index is 11.8. The number of carbonyl (C=O) groups is 1. The van der Waals surface area contributed by atoms with Gasteiger partial charge in [-0.3, -0.25) is 4.79 Å². The molecule has 2 N–H and O–H groups in total. The topological polar surface area (TPSA) is 62.2 Å². The van der Waals surface area contributed by atoms with Crippen LogP contribution in [0.4, 0.5) is 0 Å². The highest BCUT2D eigenvalue weighted by atomic mass is 32.2. The molecular weight excluding hydrogens is 272 g/mol. The monoisotopic (exact) mass is 292 g/mol. The smallest absolute Gasteiger partial charge is 0.269 e. The van der Waals surface area contributed by atoms with Gasteiger partial charge in [-0.05, 0) is 24.8 Å². The minimum Gasteiger partial charge on any atom is -0.395 e. The second-order valence-electron chi connectivity index (χ2n) is 4.30. The van der Waals surface area contributed by atoms with Crippen LogP contribution < -0.4 is 5.32 Å². The second kappa shape index (κ2) is 9.40. The molecule has 0 aliphatic rings. The summed E-state index contributed by atoms with van der Waals surface area (Å²) in [5, 5.41) is 12.0. The molecule has 1 atom stereocenters. The third-order valence-electron chi connectivity index (χ3n) is 2.70. The molecule has 0 aromatic carbocycles. The van der Waals surface area contributed by atoms with Crippen LogP contribution >= 0.6 is 11.8 Å². The molecule has 0 saturated heterocycles. The number of hydrogen-bond donors (Lipinski definition) is 2. The zero-order valence-corrected chi connectivity index (χ0v) is 12.7. The van der Waals surface area contributed by atoms with Gasteiger partial charge in [0.05, 0.1) is 6.61 Å². The highest BCUT2D eigenvalue weighted by Crippen LogP contribution is 2.08. The normalized spacial score (nSPS) is 11.3. The van der Waals surface area contributed by atoms with Gasteiger partial charge in [0.25, 0.3) is 5.91 Å². The molecule has 1 amide bonds. The van der Waals surface area contributed by atoms with Crippen molar-refractivity contribution in [3.63, 3.8) is 0 Å². The Balaban J connectivity index is 2.47. The fourth-order valence-corrected chi connectivity index (χ4v) is 1.77. The second-order valence-corrected chi connectivity index (χ2v) is 5.57. The molecule has 1 aromatic rings. The van der Waals surface area contributed by atoms with Gasteiger partial charge >= 0.3 is 0 Å². The SMILES string of the molecule is CSC(C)CCNC(=O)c1ccc(C#CCCO)cn1. The molecule has 0 aliphatic carbocycles. The van der Waals surface area contributed by atoms with Crippen LogP contribution in [-0.4, -0.2) is 40.7 Å². The van der Waals surface area contributed by atoms with E-state index in [9.17, 15) is 4.79 Å². The van der Waals surface area contributed by atoms with Crippen LogP contribution in [0.5, 0.6) is 0 Å². The number of pyridine rings is 1. The molecule has 4 nitrogen and oxygen atoms in total. The largest absolute Gasteiger partial charge is 0.395 e. The van der Waals surface area contributed by atoms with E-state index in [1.165, 1.54) is 0 Å². The summed E-state index contributed by atoms with van der Waals surface area (Å²) in [5.41, 5.74) is 1.14. The minimum absolute atomic E-state index is 0.0510. The van der Waals surface area contributed by atoms with Gasteiger partial charge in [-0.2, -0.15) is 11.8 Å². The third-order valence-corrected chi connectivity index (χ3v) is 3.74. The molecule has 1 unspecified atom stereocenters. The molecule has 0 saturated carbocycles. The van der Waals surface area contributed by atoms with E-state index in [2.05, 4.69) is 35.3 Å². The fraction of sp³-hybridized carbons (Fsp3) is 0.467. The van der Waals surface area contributed by atoms with Crippen LogP contribution in [0.25, 0.3) is 0 Å². The Hall–Kier alpha value is -1.51. The van der Waals surface area contributed by atoms with Crippen LogP contribution in [0.15, 0.2) is 18.3 Å². The van der Waals surface area contributed by atoms with Crippen LogP contribution in [0, 0.1) is 11.8 Å². The van der Waals surface area contributed by atoms with Gasteiger partial charge in [0.15, 0.2) is 0 Å². The summed E-state index contributed by atoms with van der Waals surface area (Å²) in [6, 6.07) is 3.42. The fourth-order valence-electron chi connectivity index (χ4n) is 1.42. The highest BCUT2D eigenvalue weighted by Gasteiger charge is 2.07. The molecular formula is C15H20N2O2S. The number of carbonyl (C=O) groups excluding carboxylic acids is 1. The first kappa shape index (κ1) is 16.5.